The second kappa shape index (κ2) is 3.47. The summed E-state index contributed by atoms with van der Waals surface area (Å²) in [6.45, 7) is 2.74. The molecule has 2 aromatic rings. The van der Waals surface area contributed by atoms with Crippen LogP contribution in [0.25, 0.3) is 0 Å². The number of hydrogen-bond donors (Lipinski definition) is 0. The van der Waals surface area contributed by atoms with Gasteiger partial charge in [-0.3, -0.25) is 4.68 Å². The predicted octanol–water partition coefficient (Wildman–Crippen LogP) is 2.35. The van der Waals surface area contributed by atoms with Crippen molar-refractivity contribution >= 4 is 22.9 Å². The second-order valence-corrected chi connectivity index (χ2v) is 4.39. The Kier molecular flexibility index (Phi) is 2.33. The largest absolute Gasteiger partial charge is 0.266 e. The van der Waals surface area contributed by atoms with Crippen LogP contribution in [0, 0.1) is 6.92 Å². The minimum atomic E-state index is 0.529. The molecule has 0 bridgehead atoms. The third-order valence-corrected chi connectivity index (χ3v) is 2.69. The van der Waals surface area contributed by atoms with Gasteiger partial charge >= 0.3 is 0 Å². The van der Waals surface area contributed by atoms with Crippen molar-refractivity contribution < 1.29 is 0 Å². The van der Waals surface area contributed by atoms with Gasteiger partial charge in [-0.25, -0.2) is 4.98 Å². The van der Waals surface area contributed by atoms with E-state index in [1.165, 1.54) is 4.88 Å². The van der Waals surface area contributed by atoms with Gasteiger partial charge < -0.3 is 0 Å². The van der Waals surface area contributed by atoms with Crippen LogP contribution in [0.15, 0.2) is 18.5 Å². The summed E-state index contributed by atoms with van der Waals surface area (Å²) >= 11 is 7.36. The predicted molar refractivity (Wildman–Crippen MR) is 53.2 cm³/mol. The molecule has 0 aliphatic carbocycles. The average Bonchev–Trinajstić information content (AvgIpc) is 2.62. The first kappa shape index (κ1) is 8.72. The SMILES string of the molecule is Cc1ncc(Cn2ccc(Cl)n2)s1. The van der Waals surface area contributed by atoms with Crippen LogP contribution in [0.1, 0.15) is 9.88 Å². The van der Waals surface area contributed by atoms with Crippen molar-refractivity contribution in [2.45, 2.75) is 13.5 Å². The highest BCUT2D eigenvalue weighted by atomic mass is 35.5. The Morgan fingerprint density at radius 2 is 2.46 bits per heavy atom. The Labute approximate surface area is 85.0 Å². The maximum absolute atomic E-state index is 5.69. The van der Waals surface area contributed by atoms with E-state index >= 15 is 0 Å². The van der Waals surface area contributed by atoms with Gasteiger partial charge in [0.15, 0.2) is 5.15 Å². The fourth-order valence-corrected chi connectivity index (χ4v) is 2.00. The van der Waals surface area contributed by atoms with Crippen LogP contribution in [0.5, 0.6) is 0 Å². The highest BCUT2D eigenvalue weighted by Gasteiger charge is 2.00. The topological polar surface area (TPSA) is 30.7 Å². The Balaban J connectivity index is 2.14. The lowest BCUT2D eigenvalue weighted by atomic mass is 10.5. The summed E-state index contributed by atoms with van der Waals surface area (Å²) in [6, 6.07) is 1.77. The zero-order valence-electron chi connectivity index (χ0n) is 7.07. The molecule has 68 valence electrons. The lowest BCUT2D eigenvalue weighted by molar-refractivity contribution is 0.694. The normalized spacial score (nSPS) is 10.6. The van der Waals surface area contributed by atoms with Gasteiger partial charge in [0.25, 0.3) is 0 Å². The summed E-state index contributed by atoms with van der Waals surface area (Å²) in [6.07, 6.45) is 3.73. The van der Waals surface area contributed by atoms with E-state index in [1.54, 1.807) is 22.1 Å². The molecule has 0 saturated carbocycles. The molecular weight excluding hydrogens is 206 g/mol. The van der Waals surface area contributed by atoms with Crippen LogP contribution in [0.3, 0.4) is 0 Å². The maximum Gasteiger partial charge on any atom is 0.151 e. The molecule has 5 heteroatoms. The Hall–Kier alpha value is -0.870. The molecule has 0 N–H and O–H groups in total. The second-order valence-electron chi connectivity index (χ2n) is 2.68. The summed E-state index contributed by atoms with van der Waals surface area (Å²) in [5.41, 5.74) is 0. The summed E-state index contributed by atoms with van der Waals surface area (Å²) < 4.78 is 1.80. The minimum absolute atomic E-state index is 0.529. The van der Waals surface area contributed by atoms with Gasteiger partial charge in [-0.2, -0.15) is 5.10 Å². The number of rotatable bonds is 2. The quantitative estimate of drug-likeness (QED) is 0.767. The molecule has 0 atom stereocenters. The molecule has 2 aromatic heterocycles. The van der Waals surface area contributed by atoms with Crippen LogP contribution < -0.4 is 0 Å². The summed E-state index contributed by atoms with van der Waals surface area (Å²) in [5.74, 6) is 0. The molecule has 0 aromatic carbocycles. The summed E-state index contributed by atoms with van der Waals surface area (Å²) in [7, 11) is 0. The molecule has 3 nitrogen and oxygen atoms in total. The molecule has 2 rings (SSSR count). The van der Waals surface area contributed by atoms with Gasteiger partial charge in [0.2, 0.25) is 0 Å². The van der Waals surface area contributed by atoms with Gasteiger partial charge in [-0.05, 0) is 13.0 Å². The first-order chi connectivity index (χ1) is 6.24. The third kappa shape index (κ3) is 2.08. The number of nitrogens with zero attached hydrogens (tertiary/aromatic N) is 3. The Morgan fingerprint density at radius 3 is 3.00 bits per heavy atom. The van der Waals surface area contributed by atoms with Crippen molar-refractivity contribution in [3.63, 3.8) is 0 Å². The van der Waals surface area contributed by atoms with Crippen molar-refractivity contribution in [1.29, 1.82) is 0 Å². The van der Waals surface area contributed by atoms with Gasteiger partial charge in [0.05, 0.1) is 11.6 Å². The highest BCUT2D eigenvalue weighted by Crippen LogP contribution is 2.13. The summed E-state index contributed by atoms with van der Waals surface area (Å²) in [4.78, 5) is 5.36. The van der Waals surface area contributed by atoms with E-state index in [1.807, 2.05) is 19.3 Å². The average molecular weight is 214 g/mol. The zero-order valence-corrected chi connectivity index (χ0v) is 8.64. The van der Waals surface area contributed by atoms with Gasteiger partial charge in [-0.15, -0.1) is 11.3 Å². The van der Waals surface area contributed by atoms with Gasteiger partial charge in [0.1, 0.15) is 0 Å². The van der Waals surface area contributed by atoms with Crippen molar-refractivity contribution in [2.75, 3.05) is 0 Å². The van der Waals surface area contributed by atoms with Crippen LogP contribution in [-0.2, 0) is 6.54 Å². The molecule has 2 heterocycles. The van der Waals surface area contributed by atoms with Crippen LogP contribution in [-0.4, -0.2) is 14.8 Å². The van der Waals surface area contributed by atoms with E-state index in [9.17, 15) is 0 Å². The van der Waals surface area contributed by atoms with Crippen molar-refractivity contribution in [2.24, 2.45) is 0 Å². The van der Waals surface area contributed by atoms with Gasteiger partial charge in [0, 0.05) is 17.3 Å². The number of aryl methyl sites for hydroxylation is 1. The standard InChI is InChI=1S/C8H8ClN3S/c1-6-10-4-7(13-6)5-12-3-2-8(9)11-12/h2-4H,5H2,1H3. The summed E-state index contributed by atoms with van der Waals surface area (Å²) in [5, 5.41) is 5.68. The number of thiazole rings is 1. The van der Waals surface area contributed by atoms with E-state index in [2.05, 4.69) is 10.1 Å². The molecule has 0 fully saturated rings. The molecule has 0 aliphatic heterocycles. The van der Waals surface area contributed by atoms with Crippen molar-refractivity contribution in [3.05, 3.63) is 33.5 Å². The first-order valence-electron chi connectivity index (χ1n) is 3.84. The molecule has 0 spiro atoms. The fourth-order valence-electron chi connectivity index (χ4n) is 1.06. The van der Waals surface area contributed by atoms with Crippen LogP contribution in [0.2, 0.25) is 5.15 Å². The van der Waals surface area contributed by atoms with E-state index in [4.69, 9.17) is 11.6 Å². The Bertz CT molecular complexity index is 369. The first-order valence-corrected chi connectivity index (χ1v) is 5.04. The van der Waals surface area contributed by atoms with Gasteiger partial charge in [-0.1, -0.05) is 11.6 Å². The maximum atomic E-state index is 5.69. The number of hydrogen-bond acceptors (Lipinski definition) is 3. The third-order valence-electron chi connectivity index (χ3n) is 1.60. The number of aromatic nitrogens is 3. The smallest absolute Gasteiger partial charge is 0.151 e. The lowest BCUT2D eigenvalue weighted by Gasteiger charge is -1.95. The van der Waals surface area contributed by atoms with Crippen molar-refractivity contribution in [1.82, 2.24) is 14.8 Å². The number of halogens is 1. The monoisotopic (exact) mass is 213 g/mol. The van der Waals surface area contributed by atoms with E-state index < -0.39 is 0 Å². The van der Waals surface area contributed by atoms with Crippen molar-refractivity contribution in [3.8, 4) is 0 Å². The lowest BCUT2D eigenvalue weighted by Crippen LogP contribution is -1.97. The molecule has 13 heavy (non-hydrogen) atoms. The molecule has 0 radical (unpaired) electrons. The molecule has 0 aliphatic rings. The minimum Gasteiger partial charge on any atom is -0.266 e. The molecule has 0 saturated heterocycles. The zero-order chi connectivity index (χ0) is 9.26. The van der Waals surface area contributed by atoms with Crippen LogP contribution >= 0.6 is 22.9 Å². The molecule has 0 unspecified atom stereocenters. The molecule has 0 amide bonds. The fraction of sp³-hybridized carbons (Fsp3) is 0.250. The van der Waals surface area contributed by atoms with Crippen LogP contribution in [0.4, 0.5) is 0 Å². The highest BCUT2D eigenvalue weighted by molar-refractivity contribution is 7.11. The van der Waals surface area contributed by atoms with E-state index in [-0.39, 0.29) is 0 Å². The van der Waals surface area contributed by atoms with E-state index in [0.717, 1.165) is 11.6 Å². The van der Waals surface area contributed by atoms with E-state index in [0.29, 0.717) is 5.15 Å². The molecular formula is C8H8ClN3S. The Morgan fingerprint density at radius 1 is 1.62 bits per heavy atom.